The number of carbonyl (C=O) groups is 2. The molecule has 2 fully saturated rings. The molecule has 3 rings (SSSR count). The van der Waals surface area contributed by atoms with E-state index in [2.05, 4.69) is 0 Å². The topological polar surface area (TPSA) is 60.9 Å². The predicted octanol–water partition coefficient (Wildman–Crippen LogP) is 0.376. The first-order valence-corrected chi connectivity index (χ1v) is 6.95. The van der Waals surface area contributed by atoms with Gasteiger partial charge in [-0.3, -0.25) is 9.59 Å². The Balaban J connectivity index is 1.79. The fourth-order valence-electron chi connectivity index (χ4n) is 3.19. The number of aliphatic hydroxyl groups excluding tert-OH is 1. The van der Waals surface area contributed by atoms with Crippen LogP contribution >= 0.6 is 0 Å². The standard InChI is InChI=1S/C15H17FN2O3/c1-9(20)17-7-13(21)18(15-12(8-19)14(15)17)6-10-2-4-11(16)5-3-10/h2-5,12,14-15,19H,6-8H2,1H3. The lowest BCUT2D eigenvalue weighted by Crippen LogP contribution is -2.51. The van der Waals surface area contributed by atoms with Crippen molar-refractivity contribution < 1.29 is 19.1 Å². The van der Waals surface area contributed by atoms with E-state index in [4.69, 9.17) is 0 Å². The van der Waals surface area contributed by atoms with Gasteiger partial charge in [0.15, 0.2) is 0 Å². The van der Waals surface area contributed by atoms with Crippen molar-refractivity contribution in [1.29, 1.82) is 0 Å². The molecule has 0 radical (unpaired) electrons. The fourth-order valence-corrected chi connectivity index (χ4v) is 3.19. The van der Waals surface area contributed by atoms with E-state index in [-0.39, 0.29) is 48.8 Å². The van der Waals surface area contributed by atoms with Gasteiger partial charge in [-0.15, -0.1) is 0 Å². The van der Waals surface area contributed by atoms with Crippen LogP contribution in [-0.2, 0) is 16.1 Å². The molecule has 2 aliphatic rings. The summed E-state index contributed by atoms with van der Waals surface area (Å²) in [6.45, 7) is 1.82. The molecule has 6 heteroatoms. The van der Waals surface area contributed by atoms with Gasteiger partial charge >= 0.3 is 0 Å². The molecule has 0 spiro atoms. The Bertz CT molecular complexity index is 575. The Kier molecular flexibility index (Phi) is 3.41. The molecule has 1 aliphatic carbocycles. The van der Waals surface area contributed by atoms with Crippen molar-refractivity contribution >= 4 is 11.8 Å². The molecule has 112 valence electrons. The maximum atomic E-state index is 12.9. The molecular formula is C15H17FN2O3. The maximum Gasteiger partial charge on any atom is 0.242 e. The van der Waals surface area contributed by atoms with Gasteiger partial charge in [-0.25, -0.2) is 4.39 Å². The molecule has 0 aromatic heterocycles. The van der Waals surface area contributed by atoms with Crippen LogP contribution in [0.2, 0.25) is 0 Å². The molecule has 1 N–H and O–H groups in total. The van der Waals surface area contributed by atoms with Crippen LogP contribution in [0.5, 0.6) is 0 Å². The molecule has 1 aromatic rings. The average molecular weight is 292 g/mol. The summed E-state index contributed by atoms with van der Waals surface area (Å²) in [6, 6.07) is 5.78. The van der Waals surface area contributed by atoms with E-state index in [1.54, 1.807) is 17.0 Å². The van der Waals surface area contributed by atoms with E-state index in [1.807, 2.05) is 0 Å². The second-order valence-corrected chi connectivity index (χ2v) is 5.62. The lowest BCUT2D eigenvalue weighted by atomic mass is 10.2. The Morgan fingerprint density at radius 1 is 1.33 bits per heavy atom. The second-order valence-electron chi connectivity index (χ2n) is 5.62. The molecule has 21 heavy (non-hydrogen) atoms. The van der Waals surface area contributed by atoms with Crippen LogP contribution in [0.15, 0.2) is 24.3 Å². The quantitative estimate of drug-likeness (QED) is 0.876. The molecule has 0 bridgehead atoms. The Morgan fingerprint density at radius 3 is 2.57 bits per heavy atom. The zero-order valence-corrected chi connectivity index (χ0v) is 11.7. The summed E-state index contributed by atoms with van der Waals surface area (Å²) in [5, 5.41) is 9.42. The highest BCUT2D eigenvalue weighted by Crippen LogP contribution is 2.44. The lowest BCUT2D eigenvalue weighted by molar-refractivity contribution is -0.144. The van der Waals surface area contributed by atoms with Gasteiger partial charge in [0.05, 0.1) is 12.1 Å². The number of halogens is 1. The molecule has 1 aliphatic heterocycles. The van der Waals surface area contributed by atoms with Crippen molar-refractivity contribution in [2.75, 3.05) is 13.2 Å². The van der Waals surface area contributed by atoms with Crippen molar-refractivity contribution in [2.24, 2.45) is 5.92 Å². The summed E-state index contributed by atoms with van der Waals surface area (Å²) in [4.78, 5) is 27.1. The monoisotopic (exact) mass is 292 g/mol. The van der Waals surface area contributed by atoms with Gasteiger partial charge in [0, 0.05) is 26.0 Å². The number of carbonyl (C=O) groups excluding carboxylic acids is 2. The first kappa shape index (κ1) is 14.0. The van der Waals surface area contributed by atoms with Crippen LogP contribution in [0.4, 0.5) is 4.39 Å². The van der Waals surface area contributed by atoms with E-state index >= 15 is 0 Å². The minimum atomic E-state index is -0.316. The Hall–Kier alpha value is -1.95. The third-order valence-corrected chi connectivity index (χ3v) is 4.31. The van der Waals surface area contributed by atoms with Crippen molar-refractivity contribution in [1.82, 2.24) is 9.80 Å². The lowest BCUT2D eigenvalue weighted by Gasteiger charge is -2.33. The fraction of sp³-hybridized carbons (Fsp3) is 0.467. The number of nitrogens with zero attached hydrogens (tertiary/aromatic N) is 2. The highest BCUT2D eigenvalue weighted by atomic mass is 19.1. The molecule has 1 heterocycles. The molecule has 1 saturated heterocycles. The third kappa shape index (κ3) is 2.40. The van der Waals surface area contributed by atoms with E-state index in [1.165, 1.54) is 24.0 Å². The highest BCUT2D eigenvalue weighted by Gasteiger charge is 2.61. The smallest absolute Gasteiger partial charge is 0.242 e. The van der Waals surface area contributed by atoms with Crippen LogP contribution in [0, 0.1) is 11.7 Å². The zero-order valence-electron chi connectivity index (χ0n) is 11.7. The normalized spacial score (nSPS) is 27.6. The van der Waals surface area contributed by atoms with Crippen molar-refractivity contribution in [3.8, 4) is 0 Å². The van der Waals surface area contributed by atoms with Crippen LogP contribution in [-0.4, -0.2) is 52.0 Å². The van der Waals surface area contributed by atoms with Crippen LogP contribution in [0.3, 0.4) is 0 Å². The van der Waals surface area contributed by atoms with Gasteiger partial charge in [0.2, 0.25) is 11.8 Å². The van der Waals surface area contributed by atoms with E-state index < -0.39 is 0 Å². The number of aliphatic hydroxyl groups is 1. The van der Waals surface area contributed by atoms with Crippen molar-refractivity contribution in [2.45, 2.75) is 25.6 Å². The van der Waals surface area contributed by atoms with E-state index in [0.717, 1.165) is 5.56 Å². The average Bonchev–Trinajstić information content (AvgIpc) is 3.17. The number of piperazine rings is 1. The first-order valence-electron chi connectivity index (χ1n) is 6.95. The molecule has 2 amide bonds. The van der Waals surface area contributed by atoms with Crippen molar-refractivity contribution in [3.63, 3.8) is 0 Å². The summed E-state index contributed by atoms with van der Waals surface area (Å²) in [5.41, 5.74) is 0.836. The predicted molar refractivity (Wildman–Crippen MR) is 72.5 cm³/mol. The summed E-state index contributed by atoms with van der Waals surface area (Å²) in [6.07, 6.45) is 0. The number of hydrogen-bond donors (Lipinski definition) is 1. The minimum Gasteiger partial charge on any atom is -0.396 e. The van der Waals surface area contributed by atoms with Gasteiger partial charge in [0.1, 0.15) is 12.4 Å². The summed E-state index contributed by atoms with van der Waals surface area (Å²) >= 11 is 0. The molecule has 1 saturated carbocycles. The van der Waals surface area contributed by atoms with Crippen molar-refractivity contribution in [3.05, 3.63) is 35.6 Å². The summed E-state index contributed by atoms with van der Waals surface area (Å²) in [5.74, 6) is -0.674. The summed E-state index contributed by atoms with van der Waals surface area (Å²) < 4.78 is 12.9. The van der Waals surface area contributed by atoms with Gasteiger partial charge < -0.3 is 14.9 Å². The number of benzene rings is 1. The van der Waals surface area contributed by atoms with Crippen LogP contribution in [0.1, 0.15) is 12.5 Å². The molecule has 5 nitrogen and oxygen atoms in total. The number of hydrogen-bond acceptors (Lipinski definition) is 3. The van der Waals surface area contributed by atoms with Gasteiger partial charge in [-0.1, -0.05) is 12.1 Å². The van der Waals surface area contributed by atoms with Gasteiger partial charge in [0.25, 0.3) is 0 Å². The molecule has 1 aromatic carbocycles. The molecular weight excluding hydrogens is 275 g/mol. The molecule has 3 unspecified atom stereocenters. The molecule has 3 atom stereocenters. The largest absolute Gasteiger partial charge is 0.396 e. The minimum absolute atomic E-state index is 0.0493. The Morgan fingerprint density at radius 2 is 2.00 bits per heavy atom. The van der Waals surface area contributed by atoms with Gasteiger partial charge in [-0.05, 0) is 17.7 Å². The maximum absolute atomic E-state index is 12.9. The summed E-state index contributed by atoms with van der Waals surface area (Å²) in [7, 11) is 0. The second kappa shape index (κ2) is 5.11. The number of rotatable bonds is 3. The van der Waals surface area contributed by atoms with E-state index in [9.17, 15) is 19.1 Å². The van der Waals surface area contributed by atoms with Crippen LogP contribution < -0.4 is 0 Å². The Labute approximate surface area is 122 Å². The number of amides is 2. The first-order chi connectivity index (χ1) is 10.0. The van der Waals surface area contributed by atoms with Crippen LogP contribution in [0.25, 0.3) is 0 Å². The highest BCUT2D eigenvalue weighted by molar-refractivity contribution is 5.87. The third-order valence-electron chi connectivity index (χ3n) is 4.31. The zero-order chi connectivity index (χ0) is 15.1. The SMILES string of the molecule is CC(=O)N1CC(=O)N(Cc2ccc(F)cc2)C2C(CO)C21. The number of fused-ring (bicyclic) bond motifs is 1. The van der Waals surface area contributed by atoms with E-state index in [0.29, 0.717) is 6.54 Å². The van der Waals surface area contributed by atoms with Gasteiger partial charge in [-0.2, -0.15) is 0 Å².